The molecule has 9 heteroatoms. The average molecular weight is 412 g/mol. The zero-order valence-corrected chi connectivity index (χ0v) is 16.3. The van der Waals surface area contributed by atoms with Crippen molar-refractivity contribution >= 4 is 22.7 Å². The van der Waals surface area contributed by atoms with Gasteiger partial charge in [-0.25, -0.2) is 9.37 Å². The molecule has 0 aliphatic carbocycles. The summed E-state index contributed by atoms with van der Waals surface area (Å²) < 4.78 is 19.5. The Bertz CT molecular complexity index is 1160. The van der Waals surface area contributed by atoms with Crippen LogP contribution in [0.15, 0.2) is 52.4 Å². The molecule has 8 nitrogen and oxygen atoms in total. The number of oxime groups is 1. The van der Waals surface area contributed by atoms with Crippen molar-refractivity contribution in [1.82, 2.24) is 9.55 Å². The summed E-state index contributed by atoms with van der Waals surface area (Å²) in [5.74, 6) is -0.355. The van der Waals surface area contributed by atoms with Gasteiger partial charge in [0.25, 0.3) is 5.56 Å². The number of esters is 1. The third-order valence-corrected chi connectivity index (χ3v) is 4.69. The van der Waals surface area contributed by atoms with E-state index in [1.165, 1.54) is 35.9 Å². The van der Waals surface area contributed by atoms with E-state index < -0.39 is 5.82 Å². The SMILES string of the molecule is COC(=O)CCCCc1nc2cc(C(N)=NO)ccc2c(=O)n1-c1ccc(F)cc1. The second-order valence-electron chi connectivity index (χ2n) is 6.65. The predicted octanol–water partition coefficient (Wildman–Crippen LogP) is 2.51. The van der Waals surface area contributed by atoms with Gasteiger partial charge in [-0.2, -0.15) is 0 Å². The Balaban J connectivity index is 2.08. The van der Waals surface area contributed by atoms with Crippen molar-refractivity contribution in [3.05, 3.63) is 70.0 Å². The minimum absolute atomic E-state index is 0.0963. The smallest absolute Gasteiger partial charge is 0.305 e. The van der Waals surface area contributed by atoms with Crippen molar-refractivity contribution in [2.45, 2.75) is 25.7 Å². The monoisotopic (exact) mass is 412 g/mol. The van der Waals surface area contributed by atoms with Crippen LogP contribution in [0.4, 0.5) is 4.39 Å². The molecule has 3 N–H and O–H groups in total. The van der Waals surface area contributed by atoms with Crippen molar-refractivity contribution in [2.75, 3.05) is 7.11 Å². The van der Waals surface area contributed by atoms with Gasteiger partial charge in [0.2, 0.25) is 0 Å². The summed E-state index contributed by atoms with van der Waals surface area (Å²) in [5.41, 5.74) is 6.63. The summed E-state index contributed by atoms with van der Waals surface area (Å²) >= 11 is 0. The molecule has 0 fully saturated rings. The molecule has 0 atom stereocenters. The van der Waals surface area contributed by atoms with Gasteiger partial charge in [0.05, 0.1) is 23.7 Å². The highest BCUT2D eigenvalue weighted by atomic mass is 19.1. The van der Waals surface area contributed by atoms with Crippen molar-refractivity contribution in [1.29, 1.82) is 0 Å². The van der Waals surface area contributed by atoms with Crippen LogP contribution in [0, 0.1) is 5.82 Å². The van der Waals surface area contributed by atoms with E-state index in [0.717, 1.165) is 0 Å². The number of hydrogen-bond acceptors (Lipinski definition) is 6. The van der Waals surface area contributed by atoms with Gasteiger partial charge in [-0.1, -0.05) is 11.2 Å². The van der Waals surface area contributed by atoms with E-state index in [2.05, 4.69) is 14.9 Å². The van der Waals surface area contributed by atoms with Crippen LogP contribution < -0.4 is 11.3 Å². The number of carbonyl (C=O) groups excluding carboxylic acids is 1. The van der Waals surface area contributed by atoms with Crippen LogP contribution in [0.25, 0.3) is 16.6 Å². The van der Waals surface area contributed by atoms with Crippen molar-refractivity contribution in [2.24, 2.45) is 10.9 Å². The fourth-order valence-corrected chi connectivity index (χ4v) is 3.13. The second-order valence-corrected chi connectivity index (χ2v) is 6.65. The first kappa shape index (κ1) is 21.0. The number of ether oxygens (including phenoxy) is 1. The lowest BCUT2D eigenvalue weighted by atomic mass is 10.1. The fourth-order valence-electron chi connectivity index (χ4n) is 3.13. The zero-order valence-electron chi connectivity index (χ0n) is 16.3. The third-order valence-electron chi connectivity index (χ3n) is 4.69. The first-order valence-electron chi connectivity index (χ1n) is 9.31. The summed E-state index contributed by atoms with van der Waals surface area (Å²) in [7, 11) is 1.33. The number of rotatable bonds is 7. The van der Waals surface area contributed by atoms with Crippen LogP contribution >= 0.6 is 0 Å². The number of aryl methyl sites for hydroxylation is 1. The van der Waals surface area contributed by atoms with Gasteiger partial charge in [0, 0.05) is 18.4 Å². The largest absolute Gasteiger partial charge is 0.469 e. The molecule has 3 rings (SSSR count). The minimum atomic E-state index is -0.413. The Hall–Kier alpha value is -3.75. The molecule has 1 aromatic heterocycles. The number of methoxy groups -OCH3 is 1. The van der Waals surface area contributed by atoms with Crippen LogP contribution in [0.5, 0.6) is 0 Å². The summed E-state index contributed by atoms with van der Waals surface area (Å²) in [6.07, 6.45) is 1.83. The number of fused-ring (bicyclic) bond motifs is 1. The molecular weight excluding hydrogens is 391 g/mol. The van der Waals surface area contributed by atoms with Gasteiger partial charge in [-0.15, -0.1) is 0 Å². The molecule has 0 aliphatic rings. The molecule has 0 unspecified atom stereocenters. The van der Waals surface area contributed by atoms with Crippen molar-refractivity contribution in [3.8, 4) is 5.69 Å². The highest BCUT2D eigenvalue weighted by Gasteiger charge is 2.14. The fraction of sp³-hybridized carbons (Fsp3) is 0.238. The van der Waals surface area contributed by atoms with Gasteiger partial charge in [0.15, 0.2) is 5.84 Å². The molecule has 156 valence electrons. The first-order chi connectivity index (χ1) is 14.4. The van der Waals surface area contributed by atoms with Crippen LogP contribution in [0.3, 0.4) is 0 Å². The van der Waals surface area contributed by atoms with E-state index >= 15 is 0 Å². The normalized spacial score (nSPS) is 11.6. The van der Waals surface area contributed by atoms with E-state index in [1.54, 1.807) is 18.2 Å². The Kier molecular flexibility index (Phi) is 6.41. The summed E-state index contributed by atoms with van der Waals surface area (Å²) in [4.78, 5) is 29.2. The third kappa shape index (κ3) is 4.45. The molecule has 0 aliphatic heterocycles. The lowest BCUT2D eigenvalue weighted by Crippen LogP contribution is -2.24. The molecular formula is C21H21FN4O4. The highest BCUT2D eigenvalue weighted by Crippen LogP contribution is 2.17. The maximum absolute atomic E-state index is 13.4. The molecule has 0 radical (unpaired) electrons. The molecule has 0 amide bonds. The average Bonchev–Trinajstić information content (AvgIpc) is 2.76. The highest BCUT2D eigenvalue weighted by molar-refractivity contribution is 5.99. The number of hydrogen-bond donors (Lipinski definition) is 2. The van der Waals surface area contributed by atoms with Crippen LogP contribution in [0.1, 0.15) is 30.7 Å². The standard InChI is InChI=1S/C21H21FN4O4/c1-30-19(27)5-3-2-4-18-24-17-12-13(20(23)25-29)6-11-16(17)21(28)26(18)15-9-7-14(22)8-10-15/h6-12,29H,2-5H2,1H3,(H2,23,25). The van der Waals surface area contributed by atoms with Gasteiger partial charge in [0.1, 0.15) is 11.6 Å². The first-order valence-corrected chi connectivity index (χ1v) is 9.31. The number of amidine groups is 1. The van der Waals surface area contributed by atoms with E-state index in [0.29, 0.717) is 47.2 Å². The van der Waals surface area contributed by atoms with E-state index in [9.17, 15) is 14.0 Å². The lowest BCUT2D eigenvalue weighted by molar-refractivity contribution is -0.140. The maximum Gasteiger partial charge on any atom is 0.305 e. The molecule has 0 saturated heterocycles. The Morgan fingerprint density at radius 3 is 2.63 bits per heavy atom. The molecule has 0 saturated carbocycles. The molecule has 30 heavy (non-hydrogen) atoms. The Labute approximate surface area is 171 Å². The number of nitrogens with two attached hydrogens (primary N) is 1. The van der Waals surface area contributed by atoms with Gasteiger partial charge >= 0.3 is 5.97 Å². The Morgan fingerprint density at radius 2 is 1.97 bits per heavy atom. The summed E-state index contributed by atoms with van der Waals surface area (Å²) in [5, 5.41) is 12.2. The van der Waals surface area contributed by atoms with E-state index in [1.807, 2.05) is 0 Å². The number of carbonyl (C=O) groups is 1. The van der Waals surface area contributed by atoms with Crippen LogP contribution in [0.2, 0.25) is 0 Å². The summed E-state index contributed by atoms with van der Waals surface area (Å²) in [6.45, 7) is 0. The van der Waals surface area contributed by atoms with Gasteiger partial charge < -0.3 is 15.7 Å². The topological polar surface area (TPSA) is 120 Å². The Morgan fingerprint density at radius 1 is 1.23 bits per heavy atom. The number of nitrogens with zero attached hydrogens (tertiary/aromatic N) is 3. The number of unbranched alkanes of at least 4 members (excludes halogenated alkanes) is 1. The zero-order chi connectivity index (χ0) is 21.7. The van der Waals surface area contributed by atoms with Crippen LogP contribution in [-0.4, -0.2) is 33.7 Å². The quantitative estimate of drug-likeness (QED) is 0.154. The predicted molar refractivity (Wildman–Crippen MR) is 109 cm³/mol. The number of halogens is 1. The molecule has 3 aromatic rings. The van der Waals surface area contributed by atoms with Gasteiger partial charge in [-0.05, 0) is 49.2 Å². The number of aromatic nitrogens is 2. The van der Waals surface area contributed by atoms with E-state index in [4.69, 9.17) is 10.9 Å². The van der Waals surface area contributed by atoms with E-state index in [-0.39, 0.29) is 23.8 Å². The minimum Gasteiger partial charge on any atom is -0.469 e. The molecule has 0 spiro atoms. The molecule has 1 heterocycles. The number of benzene rings is 2. The van der Waals surface area contributed by atoms with Crippen molar-refractivity contribution in [3.63, 3.8) is 0 Å². The molecule has 0 bridgehead atoms. The van der Waals surface area contributed by atoms with Crippen LogP contribution in [-0.2, 0) is 16.0 Å². The lowest BCUT2D eigenvalue weighted by Gasteiger charge is -2.14. The van der Waals surface area contributed by atoms with Crippen molar-refractivity contribution < 1.29 is 19.1 Å². The van der Waals surface area contributed by atoms with Gasteiger partial charge in [-0.3, -0.25) is 14.2 Å². The molecule has 2 aromatic carbocycles. The maximum atomic E-state index is 13.4. The summed E-state index contributed by atoms with van der Waals surface area (Å²) in [6, 6.07) is 10.2. The second kappa shape index (κ2) is 9.17.